The van der Waals surface area contributed by atoms with Crippen molar-refractivity contribution in [2.75, 3.05) is 20.6 Å². The molecule has 2 aromatic rings. The van der Waals surface area contributed by atoms with Gasteiger partial charge in [0.05, 0.1) is 6.54 Å². The second-order valence-electron chi connectivity index (χ2n) is 3.74. The highest BCUT2D eigenvalue weighted by Gasteiger charge is 2.04. The van der Waals surface area contributed by atoms with E-state index in [2.05, 4.69) is 5.10 Å². The van der Waals surface area contributed by atoms with Gasteiger partial charge in [0.25, 0.3) is 0 Å². The third-order valence-electron chi connectivity index (χ3n) is 2.25. The molecule has 0 unspecified atom stereocenters. The molecule has 2 heterocycles. The molecule has 0 N–H and O–H groups in total. The lowest BCUT2D eigenvalue weighted by Crippen LogP contribution is -2.27. The lowest BCUT2D eigenvalue weighted by atomic mass is 10.5. The van der Waals surface area contributed by atoms with E-state index >= 15 is 0 Å². The number of rotatable bonds is 3. The van der Waals surface area contributed by atoms with E-state index in [1.54, 1.807) is 10.6 Å². The maximum atomic E-state index is 11.8. The summed E-state index contributed by atoms with van der Waals surface area (Å²) >= 11 is 0. The van der Waals surface area contributed by atoms with Crippen LogP contribution in [-0.4, -0.2) is 39.7 Å². The van der Waals surface area contributed by atoms with E-state index in [1.165, 1.54) is 4.68 Å². The molecular formula is C12H20N4O. The number of likely N-dealkylation sites (N-methyl/N-ethyl adjacent to an activating group) is 1. The molecule has 5 heteroatoms. The van der Waals surface area contributed by atoms with Crippen LogP contribution in [0, 0.1) is 0 Å². The van der Waals surface area contributed by atoms with Gasteiger partial charge in [0.2, 0.25) is 0 Å². The topological polar surface area (TPSA) is 42.5 Å². The Labute approximate surface area is 101 Å². The summed E-state index contributed by atoms with van der Waals surface area (Å²) < 4.78 is 3.05. The Morgan fingerprint density at radius 1 is 1.29 bits per heavy atom. The molecule has 5 nitrogen and oxygen atoms in total. The predicted molar refractivity (Wildman–Crippen MR) is 69.4 cm³/mol. The molecule has 0 atom stereocenters. The molecule has 0 aliphatic heterocycles. The SMILES string of the molecule is CC.CN(C)CCn1nc2ccccn2c1=O. The second kappa shape index (κ2) is 6.20. The van der Waals surface area contributed by atoms with Gasteiger partial charge in [0.1, 0.15) is 0 Å². The van der Waals surface area contributed by atoms with Crippen LogP contribution in [0.4, 0.5) is 0 Å². The first kappa shape index (κ1) is 13.4. The first-order valence-corrected chi connectivity index (χ1v) is 5.87. The van der Waals surface area contributed by atoms with Crippen molar-refractivity contribution in [3.8, 4) is 0 Å². The molecular weight excluding hydrogens is 216 g/mol. The first-order chi connectivity index (χ1) is 8.18. The first-order valence-electron chi connectivity index (χ1n) is 5.87. The fourth-order valence-corrected chi connectivity index (χ4v) is 1.41. The molecule has 0 saturated heterocycles. The summed E-state index contributed by atoms with van der Waals surface area (Å²) in [5.41, 5.74) is 0.619. The Balaban J connectivity index is 0.000000686. The fourth-order valence-electron chi connectivity index (χ4n) is 1.41. The van der Waals surface area contributed by atoms with Gasteiger partial charge in [-0.2, -0.15) is 0 Å². The number of fused-ring (bicyclic) bond motifs is 1. The minimum atomic E-state index is -0.0764. The molecule has 0 radical (unpaired) electrons. The molecule has 0 fully saturated rings. The number of aromatic nitrogens is 3. The summed E-state index contributed by atoms with van der Waals surface area (Å²) in [6, 6.07) is 5.53. The van der Waals surface area contributed by atoms with Crippen molar-refractivity contribution in [2.24, 2.45) is 0 Å². The number of hydrogen-bond donors (Lipinski definition) is 0. The highest BCUT2D eigenvalue weighted by molar-refractivity contribution is 5.35. The van der Waals surface area contributed by atoms with Gasteiger partial charge < -0.3 is 4.90 Å². The zero-order valence-electron chi connectivity index (χ0n) is 10.9. The Morgan fingerprint density at radius 2 is 2.00 bits per heavy atom. The third kappa shape index (κ3) is 3.17. The molecule has 0 amide bonds. The smallest absolute Gasteiger partial charge is 0.308 e. The Hall–Kier alpha value is -1.62. The summed E-state index contributed by atoms with van der Waals surface area (Å²) in [5.74, 6) is 0. The van der Waals surface area contributed by atoms with Crippen LogP contribution in [0.2, 0.25) is 0 Å². The minimum absolute atomic E-state index is 0.0764. The van der Waals surface area contributed by atoms with Crippen molar-refractivity contribution < 1.29 is 0 Å². The van der Waals surface area contributed by atoms with E-state index in [4.69, 9.17) is 0 Å². The van der Waals surface area contributed by atoms with E-state index < -0.39 is 0 Å². The van der Waals surface area contributed by atoms with Crippen molar-refractivity contribution in [1.82, 2.24) is 19.1 Å². The van der Waals surface area contributed by atoms with Crippen LogP contribution < -0.4 is 5.69 Å². The van der Waals surface area contributed by atoms with Gasteiger partial charge >= 0.3 is 5.69 Å². The molecule has 2 rings (SSSR count). The van der Waals surface area contributed by atoms with Gasteiger partial charge in [-0.1, -0.05) is 19.9 Å². The summed E-state index contributed by atoms with van der Waals surface area (Å²) in [4.78, 5) is 13.8. The largest absolute Gasteiger partial charge is 0.350 e. The Kier molecular flexibility index (Phi) is 4.90. The second-order valence-corrected chi connectivity index (χ2v) is 3.74. The normalized spacial score (nSPS) is 10.4. The van der Waals surface area contributed by atoms with Crippen molar-refractivity contribution >= 4 is 5.65 Å². The van der Waals surface area contributed by atoms with Gasteiger partial charge in [-0.25, -0.2) is 9.48 Å². The lowest BCUT2D eigenvalue weighted by molar-refractivity contribution is 0.370. The zero-order chi connectivity index (χ0) is 12.8. The summed E-state index contributed by atoms with van der Waals surface area (Å²) in [6.45, 7) is 5.43. The van der Waals surface area contributed by atoms with E-state index in [0.717, 1.165) is 6.54 Å². The zero-order valence-corrected chi connectivity index (χ0v) is 10.9. The van der Waals surface area contributed by atoms with Crippen molar-refractivity contribution in [3.63, 3.8) is 0 Å². The standard InChI is InChI=1S/C10H14N4O.C2H6/c1-12(2)7-8-14-10(15)13-6-4-3-5-9(13)11-14;1-2/h3-6H,7-8H2,1-2H3;1-2H3. The van der Waals surface area contributed by atoms with Gasteiger partial charge in [-0.05, 0) is 26.2 Å². The van der Waals surface area contributed by atoms with Crippen molar-refractivity contribution in [2.45, 2.75) is 20.4 Å². The quantitative estimate of drug-likeness (QED) is 0.801. The van der Waals surface area contributed by atoms with E-state index in [0.29, 0.717) is 12.2 Å². The van der Waals surface area contributed by atoms with Crippen LogP contribution in [0.25, 0.3) is 5.65 Å². The summed E-state index contributed by atoms with van der Waals surface area (Å²) in [6.07, 6.45) is 1.73. The van der Waals surface area contributed by atoms with Crippen LogP contribution in [0.3, 0.4) is 0 Å². The molecule has 0 aliphatic rings. The van der Waals surface area contributed by atoms with E-state index in [1.807, 2.05) is 51.0 Å². The minimum Gasteiger partial charge on any atom is -0.308 e. The van der Waals surface area contributed by atoms with Crippen molar-refractivity contribution in [3.05, 3.63) is 34.9 Å². The molecule has 0 saturated carbocycles. The molecule has 94 valence electrons. The Morgan fingerprint density at radius 3 is 2.59 bits per heavy atom. The Bertz CT molecular complexity index is 512. The van der Waals surface area contributed by atoms with Gasteiger partial charge in [0.15, 0.2) is 5.65 Å². The van der Waals surface area contributed by atoms with Crippen molar-refractivity contribution in [1.29, 1.82) is 0 Å². The molecule has 0 spiro atoms. The highest BCUT2D eigenvalue weighted by Crippen LogP contribution is 1.94. The predicted octanol–water partition coefficient (Wildman–Crippen LogP) is 1.08. The summed E-state index contributed by atoms with van der Waals surface area (Å²) in [7, 11) is 3.95. The molecule has 17 heavy (non-hydrogen) atoms. The van der Waals surface area contributed by atoms with Gasteiger partial charge in [-0.3, -0.25) is 4.40 Å². The molecule has 0 aromatic carbocycles. The van der Waals surface area contributed by atoms with Crippen LogP contribution in [0.1, 0.15) is 13.8 Å². The molecule has 0 aliphatic carbocycles. The molecule has 2 aromatic heterocycles. The average molecular weight is 236 g/mol. The van der Waals surface area contributed by atoms with Gasteiger partial charge in [-0.15, -0.1) is 5.10 Å². The number of hydrogen-bond acceptors (Lipinski definition) is 3. The third-order valence-corrected chi connectivity index (χ3v) is 2.25. The van der Waals surface area contributed by atoms with Crippen LogP contribution >= 0.6 is 0 Å². The van der Waals surface area contributed by atoms with E-state index in [-0.39, 0.29) is 5.69 Å². The monoisotopic (exact) mass is 236 g/mol. The maximum Gasteiger partial charge on any atom is 0.350 e. The van der Waals surface area contributed by atoms with Crippen LogP contribution in [0.5, 0.6) is 0 Å². The summed E-state index contributed by atoms with van der Waals surface area (Å²) in [5, 5.41) is 4.22. The lowest BCUT2D eigenvalue weighted by Gasteiger charge is -2.07. The van der Waals surface area contributed by atoms with Crippen LogP contribution in [0.15, 0.2) is 29.2 Å². The number of pyridine rings is 1. The highest BCUT2D eigenvalue weighted by atomic mass is 16.2. The average Bonchev–Trinajstić information content (AvgIpc) is 2.67. The molecule has 0 bridgehead atoms. The van der Waals surface area contributed by atoms with Crippen LogP contribution in [-0.2, 0) is 6.54 Å². The fraction of sp³-hybridized carbons (Fsp3) is 0.500. The number of nitrogens with zero attached hydrogens (tertiary/aromatic N) is 4. The van der Waals surface area contributed by atoms with E-state index in [9.17, 15) is 4.79 Å². The maximum absolute atomic E-state index is 11.8. The van der Waals surface area contributed by atoms with Gasteiger partial charge in [0, 0.05) is 12.7 Å².